The van der Waals surface area contributed by atoms with Gasteiger partial charge in [0.15, 0.2) is 0 Å². The number of ether oxygens (including phenoxy) is 1. The molecule has 0 spiro atoms. The third-order valence-electron chi connectivity index (χ3n) is 4.09. The summed E-state index contributed by atoms with van der Waals surface area (Å²) in [5.41, 5.74) is -0.414. The molecule has 1 aromatic rings. The summed E-state index contributed by atoms with van der Waals surface area (Å²) in [6.45, 7) is 4.86. The molecule has 0 aliphatic carbocycles. The number of amides is 2. The van der Waals surface area contributed by atoms with E-state index in [9.17, 15) is 9.59 Å². The smallest absolute Gasteiger partial charge is 0.239 e. The van der Waals surface area contributed by atoms with Crippen LogP contribution in [0.15, 0.2) is 24.3 Å². The minimum absolute atomic E-state index is 0.0989. The molecule has 1 aliphatic heterocycles. The number of rotatable bonds is 4. The van der Waals surface area contributed by atoms with E-state index in [0.29, 0.717) is 5.69 Å². The van der Waals surface area contributed by atoms with Crippen LogP contribution in [-0.4, -0.2) is 36.9 Å². The maximum absolute atomic E-state index is 12.6. The minimum atomic E-state index is -1.07. The van der Waals surface area contributed by atoms with Crippen molar-refractivity contribution in [3.8, 4) is 5.75 Å². The molecule has 1 fully saturated rings. The molecule has 22 heavy (non-hydrogen) atoms. The summed E-state index contributed by atoms with van der Waals surface area (Å²) in [6.07, 6.45) is 3.19. The number of anilines is 1. The van der Waals surface area contributed by atoms with Crippen molar-refractivity contribution in [2.45, 2.75) is 33.1 Å². The van der Waals surface area contributed by atoms with Gasteiger partial charge in [0.25, 0.3) is 0 Å². The molecule has 120 valence electrons. The highest BCUT2D eigenvalue weighted by atomic mass is 16.5. The van der Waals surface area contributed by atoms with Crippen molar-refractivity contribution in [2.75, 3.05) is 25.5 Å². The van der Waals surface area contributed by atoms with Crippen LogP contribution in [-0.2, 0) is 9.59 Å². The number of likely N-dealkylation sites (tertiary alicyclic amines) is 1. The van der Waals surface area contributed by atoms with E-state index in [2.05, 4.69) is 5.32 Å². The zero-order chi connectivity index (χ0) is 16.2. The molecule has 0 bridgehead atoms. The lowest BCUT2D eigenvalue weighted by molar-refractivity contribution is -0.147. The van der Waals surface area contributed by atoms with Crippen molar-refractivity contribution in [2.24, 2.45) is 5.41 Å². The molecule has 0 radical (unpaired) electrons. The highest BCUT2D eigenvalue weighted by Gasteiger charge is 2.39. The average Bonchev–Trinajstić information content (AvgIpc) is 2.55. The van der Waals surface area contributed by atoms with Gasteiger partial charge in [0.05, 0.1) is 7.11 Å². The van der Waals surface area contributed by atoms with E-state index in [4.69, 9.17) is 4.74 Å². The molecule has 0 unspecified atom stereocenters. The third kappa shape index (κ3) is 3.59. The standard InChI is InChI=1S/C17H24N2O3/c1-17(2,16(21)19-11-5-4-6-12-19)15(20)18-13-7-9-14(22-3)10-8-13/h7-10H,4-6,11-12H2,1-3H3,(H,18,20). The summed E-state index contributed by atoms with van der Waals surface area (Å²) >= 11 is 0. The maximum atomic E-state index is 12.6. The van der Waals surface area contributed by atoms with Crippen molar-refractivity contribution in [1.29, 1.82) is 0 Å². The van der Waals surface area contributed by atoms with E-state index in [1.165, 1.54) is 0 Å². The quantitative estimate of drug-likeness (QED) is 0.870. The van der Waals surface area contributed by atoms with Gasteiger partial charge in [-0.2, -0.15) is 0 Å². The van der Waals surface area contributed by atoms with E-state index < -0.39 is 5.41 Å². The van der Waals surface area contributed by atoms with Gasteiger partial charge in [-0.1, -0.05) is 0 Å². The van der Waals surface area contributed by atoms with Gasteiger partial charge in [0.1, 0.15) is 11.2 Å². The van der Waals surface area contributed by atoms with Crippen molar-refractivity contribution >= 4 is 17.5 Å². The molecular weight excluding hydrogens is 280 g/mol. The first-order chi connectivity index (χ1) is 10.4. The predicted molar refractivity (Wildman–Crippen MR) is 85.8 cm³/mol. The Morgan fingerprint density at radius 2 is 1.68 bits per heavy atom. The Morgan fingerprint density at radius 3 is 2.23 bits per heavy atom. The van der Waals surface area contributed by atoms with Crippen molar-refractivity contribution in [1.82, 2.24) is 4.90 Å². The Bertz CT molecular complexity index is 531. The second-order valence-corrected chi connectivity index (χ2v) is 6.16. The van der Waals surface area contributed by atoms with Gasteiger partial charge in [-0.25, -0.2) is 0 Å². The minimum Gasteiger partial charge on any atom is -0.497 e. The fourth-order valence-electron chi connectivity index (χ4n) is 2.55. The molecule has 0 atom stereocenters. The number of methoxy groups -OCH3 is 1. The summed E-state index contributed by atoms with van der Waals surface area (Å²) in [5.74, 6) is 0.341. The number of carbonyl (C=O) groups excluding carboxylic acids is 2. The number of piperidine rings is 1. The van der Waals surface area contributed by atoms with Crippen LogP contribution in [0.3, 0.4) is 0 Å². The lowest BCUT2D eigenvalue weighted by atomic mass is 9.89. The van der Waals surface area contributed by atoms with E-state index in [0.717, 1.165) is 38.1 Å². The molecule has 0 saturated carbocycles. The average molecular weight is 304 g/mol. The van der Waals surface area contributed by atoms with Gasteiger partial charge >= 0.3 is 0 Å². The fraction of sp³-hybridized carbons (Fsp3) is 0.529. The Labute approximate surface area is 131 Å². The SMILES string of the molecule is COc1ccc(NC(=O)C(C)(C)C(=O)N2CCCCC2)cc1. The second kappa shape index (κ2) is 6.81. The largest absolute Gasteiger partial charge is 0.497 e. The Morgan fingerprint density at radius 1 is 1.09 bits per heavy atom. The van der Waals surface area contributed by atoms with E-state index >= 15 is 0 Å². The van der Waals surface area contributed by atoms with E-state index in [1.807, 2.05) is 0 Å². The molecule has 5 heteroatoms. The van der Waals surface area contributed by atoms with Gasteiger partial charge < -0.3 is 15.0 Å². The van der Waals surface area contributed by atoms with Crippen LogP contribution in [0, 0.1) is 5.41 Å². The van der Waals surface area contributed by atoms with Gasteiger partial charge in [-0.05, 0) is 57.4 Å². The maximum Gasteiger partial charge on any atom is 0.239 e. The lowest BCUT2D eigenvalue weighted by Crippen LogP contribution is -2.48. The molecule has 2 amide bonds. The summed E-state index contributed by atoms with van der Waals surface area (Å²) < 4.78 is 5.09. The fourth-order valence-corrected chi connectivity index (χ4v) is 2.55. The van der Waals surface area contributed by atoms with Crippen LogP contribution in [0.4, 0.5) is 5.69 Å². The van der Waals surface area contributed by atoms with Crippen molar-refractivity contribution in [3.05, 3.63) is 24.3 Å². The summed E-state index contributed by atoms with van der Waals surface area (Å²) in [7, 11) is 1.59. The van der Waals surface area contributed by atoms with Gasteiger partial charge in [-0.15, -0.1) is 0 Å². The molecular formula is C17H24N2O3. The molecule has 1 heterocycles. The Hall–Kier alpha value is -2.04. The topological polar surface area (TPSA) is 58.6 Å². The first kappa shape index (κ1) is 16.3. The van der Waals surface area contributed by atoms with Crippen LogP contribution < -0.4 is 10.1 Å². The summed E-state index contributed by atoms with van der Waals surface area (Å²) in [5, 5.41) is 2.81. The number of nitrogens with zero attached hydrogens (tertiary/aromatic N) is 1. The zero-order valence-corrected chi connectivity index (χ0v) is 13.5. The Balaban J connectivity index is 2.03. The first-order valence-electron chi connectivity index (χ1n) is 7.70. The van der Waals surface area contributed by atoms with E-state index in [1.54, 1.807) is 50.1 Å². The number of nitrogens with one attached hydrogen (secondary N) is 1. The number of hydrogen-bond donors (Lipinski definition) is 1. The molecule has 0 aromatic heterocycles. The molecule has 1 aliphatic rings. The van der Waals surface area contributed by atoms with Gasteiger partial charge in [0, 0.05) is 18.8 Å². The number of hydrogen-bond acceptors (Lipinski definition) is 3. The Kier molecular flexibility index (Phi) is 5.06. The third-order valence-corrected chi connectivity index (χ3v) is 4.09. The summed E-state index contributed by atoms with van der Waals surface area (Å²) in [6, 6.07) is 7.07. The highest BCUT2D eigenvalue weighted by Crippen LogP contribution is 2.24. The molecule has 1 aromatic carbocycles. The van der Waals surface area contributed by atoms with Crippen LogP contribution in [0.1, 0.15) is 33.1 Å². The van der Waals surface area contributed by atoms with Crippen LogP contribution in [0.25, 0.3) is 0 Å². The molecule has 1 N–H and O–H groups in total. The van der Waals surface area contributed by atoms with Gasteiger partial charge in [-0.3, -0.25) is 9.59 Å². The second-order valence-electron chi connectivity index (χ2n) is 6.16. The van der Waals surface area contributed by atoms with Crippen LogP contribution in [0.5, 0.6) is 5.75 Å². The van der Waals surface area contributed by atoms with Crippen LogP contribution >= 0.6 is 0 Å². The molecule has 5 nitrogen and oxygen atoms in total. The molecule has 1 saturated heterocycles. The normalized spacial score (nSPS) is 15.3. The highest BCUT2D eigenvalue weighted by molar-refractivity contribution is 6.09. The van der Waals surface area contributed by atoms with Crippen molar-refractivity contribution in [3.63, 3.8) is 0 Å². The zero-order valence-electron chi connectivity index (χ0n) is 13.5. The predicted octanol–water partition coefficient (Wildman–Crippen LogP) is 2.67. The first-order valence-corrected chi connectivity index (χ1v) is 7.70. The van der Waals surface area contributed by atoms with Crippen molar-refractivity contribution < 1.29 is 14.3 Å². The molecule has 2 rings (SSSR count). The monoisotopic (exact) mass is 304 g/mol. The van der Waals surface area contributed by atoms with Crippen LogP contribution in [0.2, 0.25) is 0 Å². The van der Waals surface area contributed by atoms with E-state index in [-0.39, 0.29) is 11.8 Å². The number of carbonyl (C=O) groups is 2. The van der Waals surface area contributed by atoms with Gasteiger partial charge in [0.2, 0.25) is 11.8 Å². The summed E-state index contributed by atoms with van der Waals surface area (Å²) in [4.78, 5) is 26.9. The lowest BCUT2D eigenvalue weighted by Gasteiger charge is -2.33. The number of benzene rings is 1.